The van der Waals surface area contributed by atoms with E-state index in [2.05, 4.69) is 0 Å². The van der Waals surface area contributed by atoms with Gasteiger partial charge in [0.05, 0.1) is 6.04 Å². The van der Waals surface area contributed by atoms with E-state index in [9.17, 15) is 28.3 Å². The van der Waals surface area contributed by atoms with Gasteiger partial charge >= 0.3 is 0 Å². The van der Waals surface area contributed by atoms with Crippen LogP contribution in [0, 0.1) is 11.6 Å². The lowest BCUT2D eigenvalue weighted by molar-refractivity contribution is -0.159. The summed E-state index contributed by atoms with van der Waals surface area (Å²) in [5.41, 5.74) is 6.39. The van der Waals surface area contributed by atoms with Crippen molar-refractivity contribution in [3.8, 4) is 0 Å². The number of hydrogen-bond donors (Lipinski definition) is 2. The molecule has 7 nitrogen and oxygen atoms in total. The maximum absolute atomic E-state index is 13.6. The SMILES string of the molecule is C[C@H](N)C(=O)N(C(=O)[C@H](O)c1cc(F)cc(F)c1)[C@H]1CC[C@@H](c2ccccc2)CN(C)C1=O. The Morgan fingerprint density at radius 1 is 1.09 bits per heavy atom. The van der Waals surface area contributed by atoms with Crippen molar-refractivity contribution in [3.05, 3.63) is 71.3 Å². The van der Waals surface area contributed by atoms with Crippen LogP contribution in [0.4, 0.5) is 8.78 Å². The third kappa shape index (κ3) is 5.43. The van der Waals surface area contributed by atoms with Gasteiger partial charge in [-0.3, -0.25) is 19.3 Å². The lowest BCUT2D eigenvalue weighted by atomic mass is 9.93. The minimum Gasteiger partial charge on any atom is -0.378 e. The van der Waals surface area contributed by atoms with Crippen molar-refractivity contribution in [2.75, 3.05) is 13.6 Å². The fourth-order valence-electron chi connectivity index (χ4n) is 4.13. The number of imide groups is 1. The molecule has 3 amide bonds. The Morgan fingerprint density at radius 2 is 1.70 bits per heavy atom. The molecule has 1 aliphatic heterocycles. The summed E-state index contributed by atoms with van der Waals surface area (Å²) >= 11 is 0. The highest BCUT2D eigenvalue weighted by Crippen LogP contribution is 2.30. The molecule has 1 aliphatic rings. The van der Waals surface area contributed by atoms with Crippen molar-refractivity contribution in [1.82, 2.24) is 9.80 Å². The van der Waals surface area contributed by atoms with Crippen LogP contribution in [0.3, 0.4) is 0 Å². The zero-order chi connectivity index (χ0) is 24.3. The average Bonchev–Trinajstić information content (AvgIpc) is 2.92. The van der Waals surface area contributed by atoms with Crippen molar-refractivity contribution in [3.63, 3.8) is 0 Å². The van der Waals surface area contributed by atoms with Gasteiger partial charge in [-0.05, 0) is 43.0 Å². The maximum atomic E-state index is 13.6. The van der Waals surface area contributed by atoms with Crippen LogP contribution in [0.15, 0.2) is 48.5 Å². The number of aliphatic hydroxyl groups is 1. The maximum Gasteiger partial charge on any atom is 0.263 e. The van der Waals surface area contributed by atoms with Gasteiger partial charge in [-0.15, -0.1) is 0 Å². The summed E-state index contributed by atoms with van der Waals surface area (Å²) in [4.78, 5) is 41.4. The molecular formula is C24H27F2N3O4. The molecule has 4 atom stereocenters. The Bertz CT molecular complexity index is 1010. The second-order valence-corrected chi connectivity index (χ2v) is 8.36. The first-order valence-corrected chi connectivity index (χ1v) is 10.7. The van der Waals surface area contributed by atoms with Crippen LogP contribution in [0.1, 0.15) is 42.9 Å². The third-order valence-electron chi connectivity index (χ3n) is 5.83. The van der Waals surface area contributed by atoms with E-state index in [0.717, 1.165) is 17.7 Å². The van der Waals surface area contributed by atoms with Crippen molar-refractivity contribution in [1.29, 1.82) is 0 Å². The number of likely N-dealkylation sites (N-methyl/N-ethyl adjacent to an activating group) is 1. The second kappa shape index (κ2) is 10.2. The molecule has 1 saturated heterocycles. The Kier molecular flexibility index (Phi) is 7.55. The van der Waals surface area contributed by atoms with Gasteiger partial charge in [0.25, 0.3) is 5.91 Å². The normalized spacial score (nSPS) is 20.7. The summed E-state index contributed by atoms with van der Waals surface area (Å²) in [6.07, 6.45) is -1.41. The third-order valence-corrected chi connectivity index (χ3v) is 5.83. The molecule has 3 N–H and O–H groups in total. The fourth-order valence-corrected chi connectivity index (χ4v) is 4.13. The number of carbonyl (C=O) groups is 3. The predicted molar refractivity (Wildman–Crippen MR) is 117 cm³/mol. The Labute approximate surface area is 190 Å². The molecule has 33 heavy (non-hydrogen) atoms. The Balaban J connectivity index is 1.94. The van der Waals surface area contributed by atoms with Crippen LogP contribution in [0.2, 0.25) is 0 Å². The zero-order valence-corrected chi connectivity index (χ0v) is 18.4. The molecule has 2 aromatic carbocycles. The lowest BCUT2D eigenvalue weighted by Crippen LogP contribution is -2.56. The van der Waals surface area contributed by atoms with Gasteiger partial charge in [-0.25, -0.2) is 8.78 Å². The smallest absolute Gasteiger partial charge is 0.263 e. The van der Waals surface area contributed by atoms with Crippen molar-refractivity contribution >= 4 is 17.7 Å². The molecule has 0 unspecified atom stereocenters. The molecule has 0 spiro atoms. The molecule has 0 radical (unpaired) electrons. The van der Waals surface area contributed by atoms with Crippen LogP contribution in [-0.2, 0) is 14.4 Å². The molecule has 1 heterocycles. The van der Waals surface area contributed by atoms with E-state index in [1.807, 2.05) is 30.3 Å². The van der Waals surface area contributed by atoms with Crippen LogP contribution in [0.25, 0.3) is 0 Å². The van der Waals surface area contributed by atoms with Crippen LogP contribution >= 0.6 is 0 Å². The monoisotopic (exact) mass is 459 g/mol. The highest BCUT2D eigenvalue weighted by atomic mass is 19.1. The number of aliphatic hydroxyl groups excluding tert-OH is 1. The van der Waals surface area contributed by atoms with E-state index in [1.165, 1.54) is 11.8 Å². The van der Waals surface area contributed by atoms with Crippen molar-refractivity contribution in [2.24, 2.45) is 5.73 Å². The highest BCUT2D eigenvalue weighted by Gasteiger charge is 2.42. The first kappa shape index (κ1) is 24.5. The summed E-state index contributed by atoms with van der Waals surface area (Å²) in [6, 6.07) is 9.41. The molecule has 1 fully saturated rings. The quantitative estimate of drug-likeness (QED) is 0.713. The molecular weight excluding hydrogens is 432 g/mol. The largest absolute Gasteiger partial charge is 0.378 e. The topological polar surface area (TPSA) is 104 Å². The number of nitrogens with two attached hydrogens (primary N) is 1. The van der Waals surface area contributed by atoms with Gasteiger partial charge in [0.1, 0.15) is 17.7 Å². The Morgan fingerprint density at radius 3 is 2.27 bits per heavy atom. The summed E-state index contributed by atoms with van der Waals surface area (Å²) in [6.45, 7) is 1.74. The summed E-state index contributed by atoms with van der Waals surface area (Å²) < 4.78 is 27.3. The summed E-state index contributed by atoms with van der Waals surface area (Å²) in [5, 5.41) is 10.6. The van der Waals surface area contributed by atoms with Gasteiger partial charge in [0.2, 0.25) is 11.8 Å². The van der Waals surface area contributed by atoms with Crippen LogP contribution in [0.5, 0.6) is 0 Å². The van der Waals surface area contributed by atoms with E-state index in [1.54, 1.807) is 7.05 Å². The minimum absolute atomic E-state index is 0.0188. The zero-order valence-electron chi connectivity index (χ0n) is 18.4. The number of likely N-dealkylation sites (tertiary alicyclic amines) is 1. The number of hydrogen-bond acceptors (Lipinski definition) is 5. The molecule has 0 saturated carbocycles. The second-order valence-electron chi connectivity index (χ2n) is 8.36. The molecule has 0 aliphatic carbocycles. The van der Waals surface area contributed by atoms with E-state index in [4.69, 9.17) is 5.73 Å². The molecule has 176 valence electrons. The summed E-state index contributed by atoms with van der Waals surface area (Å²) in [7, 11) is 1.58. The number of amides is 3. The number of benzene rings is 2. The standard InChI is InChI=1S/C24H27F2N3O4/c1-14(27)22(31)29(24(33)21(30)17-10-18(25)12-19(26)11-17)20-9-8-16(13-28(2)23(20)32)15-6-4-3-5-7-15/h3-7,10-12,14,16,20-21,30H,8-9,13,27H2,1-2H3/t14-,16+,20-,21+/m0/s1. The van der Waals surface area contributed by atoms with E-state index >= 15 is 0 Å². The van der Waals surface area contributed by atoms with Crippen molar-refractivity contribution in [2.45, 2.75) is 43.9 Å². The molecule has 9 heteroatoms. The number of nitrogens with zero attached hydrogens (tertiary/aromatic N) is 2. The summed E-state index contributed by atoms with van der Waals surface area (Å²) in [5.74, 6) is -4.49. The molecule has 0 bridgehead atoms. The molecule has 3 rings (SSSR count). The first-order valence-electron chi connectivity index (χ1n) is 10.7. The van der Waals surface area contributed by atoms with Crippen molar-refractivity contribution < 1.29 is 28.3 Å². The molecule has 2 aromatic rings. The van der Waals surface area contributed by atoms with E-state index < -0.39 is 47.5 Å². The van der Waals surface area contributed by atoms with Gasteiger partial charge in [0, 0.05) is 25.6 Å². The Hall–Kier alpha value is -3.17. The predicted octanol–water partition coefficient (Wildman–Crippen LogP) is 2.11. The molecule has 0 aromatic heterocycles. The van der Waals surface area contributed by atoms with Crippen LogP contribution in [-0.4, -0.2) is 58.3 Å². The number of rotatable bonds is 5. The first-order chi connectivity index (χ1) is 15.6. The minimum atomic E-state index is -2.05. The van der Waals surface area contributed by atoms with E-state index in [-0.39, 0.29) is 17.9 Å². The van der Waals surface area contributed by atoms with Gasteiger partial charge in [-0.1, -0.05) is 30.3 Å². The highest BCUT2D eigenvalue weighted by molar-refractivity contribution is 6.03. The fraction of sp³-hybridized carbons (Fsp3) is 0.375. The van der Waals surface area contributed by atoms with Gasteiger partial charge in [0.15, 0.2) is 6.10 Å². The van der Waals surface area contributed by atoms with Gasteiger partial charge in [-0.2, -0.15) is 0 Å². The van der Waals surface area contributed by atoms with Gasteiger partial charge < -0.3 is 15.7 Å². The number of carbonyl (C=O) groups excluding carboxylic acids is 3. The lowest BCUT2D eigenvalue weighted by Gasteiger charge is -2.32. The average molecular weight is 459 g/mol. The number of halogens is 2. The van der Waals surface area contributed by atoms with Crippen LogP contribution < -0.4 is 5.73 Å². The van der Waals surface area contributed by atoms with E-state index in [0.29, 0.717) is 23.9 Å².